The van der Waals surface area contributed by atoms with Crippen molar-refractivity contribution >= 4 is 28.2 Å². The Hall–Kier alpha value is -2.92. The maximum absolute atomic E-state index is 13.7. The second-order valence-electron chi connectivity index (χ2n) is 19.3. The summed E-state index contributed by atoms with van der Waals surface area (Å²) in [5.41, 5.74) is -0.623. The van der Waals surface area contributed by atoms with E-state index in [1.165, 1.54) is 103 Å². The highest BCUT2D eigenvalue weighted by atomic mass is 32.3. The first-order valence-corrected chi connectivity index (χ1v) is 27.1. The monoisotopic (exact) mass is 968 g/mol. The molecule has 386 valence electrons. The van der Waals surface area contributed by atoms with Crippen molar-refractivity contribution in [1.82, 2.24) is 5.32 Å². The van der Waals surface area contributed by atoms with Gasteiger partial charge >= 0.3 is 22.3 Å². The molecule has 1 aromatic rings. The molecule has 7 atom stereocenters. The standard InChI is InChI=1S/C52H89NO13S/c1-6-8-10-12-14-16-18-20-22-24-26-28-33-37-43(64-49(57)41-35-31-30-32-36-41)42(53-45(54)38-34-29-27-25-23-21-19-17-15-13-11-9-7-2)39-62-50-48(66-67(59,60)61)47(56)46(55)44(65-50)40-63-51(58)52(3,4)5/h30-33,35-37,42-44,46-48,50,55-56H,6-29,34,38-40H2,1-5H3,(H,53,54)(H,59,60,61)/b37-33+/t42-,43+,44+,46-,47-,48+,50+/m0/s1. The van der Waals surface area contributed by atoms with Crippen molar-refractivity contribution < 1.29 is 60.7 Å². The van der Waals surface area contributed by atoms with Crippen molar-refractivity contribution in [2.45, 2.75) is 244 Å². The predicted octanol–water partition coefficient (Wildman–Crippen LogP) is 10.7. The van der Waals surface area contributed by atoms with E-state index in [-0.39, 0.29) is 17.9 Å². The highest BCUT2D eigenvalue weighted by molar-refractivity contribution is 7.80. The van der Waals surface area contributed by atoms with Gasteiger partial charge < -0.3 is 34.5 Å². The summed E-state index contributed by atoms with van der Waals surface area (Å²) >= 11 is 0. The fourth-order valence-electron chi connectivity index (χ4n) is 7.97. The van der Waals surface area contributed by atoms with Gasteiger partial charge in [0.2, 0.25) is 5.91 Å². The first kappa shape index (κ1) is 60.2. The Morgan fingerprint density at radius 3 is 1.72 bits per heavy atom. The molecule has 2 rings (SSSR count). The van der Waals surface area contributed by atoms with Crippen molar-refractivity contribution in [3.63, 3.8) is 0 Å². The number of hydrogen-bond acceptors (Lipinski definition) is 12. The molecule has 1 aliphatic heterocycles. The summed E-state index contributed by atoms with van der Waals surface area (Å²) in [6.45, 7) is 8.34. The lowest BCUT2D eigenvalue weighted by atomic mass is 9.97. The van der Waals surface area contributed by atoms with Crippen LogP contribution in [0.25, 0.3) is 0 Å². The third-order valence-corrected chi connectivity index (χ3v) is 12.6. The number of aliphatic hydroxyl groups excluding tert-OH is 2. The van der Waals surface area contributed by atoms with Crippen molar-refractivity contribution in [3.8, 4) is 0 Å². The molecule has 14 nitrogen and oxygen atoms in total. The second-order valence-corrected chi connectivity index (χ2v) is 20.4. The summed E-state index contributed by atoms with van der Waals surface area (Å²) in [6.07, 6.45) is 22.6. The lowest BCUT2D eigenvalue weighted by Crippen LogP contribution is -2.61. The Labute approximate surface area is 404 Å². The quantitative estimate of drug-likeness (QED) is 0.0211. The molecule has 0 spiro atoms. The zero-order valence-corrected chi connectivity index (χ0v) is 42.5. The highest BCUT2D eigenvalue weighted by Gasteiger charge is 2.49. The van der Waals surface area contributed by atoms with Crippen LogP contribution in [0.4, 0.5) is 0 Å². The van der Waals surface area contributed by atoms with Crippen LogP contribution in [-0.2, 0) is 43.1 Å². The van der Waals surface area contributed by atoms with E-state index in [0.29, 0.717) is 12.8 Å². The van der Waals surface area contributed by atoms with Crippen molar-refractivity contribution in [2.24, 2.45) is 5.41 Å². The summed E-state index contributed by atoms with van der Waals surface area (Å²) in [5.74, 6) is -1.60. The van der Waals surface area contributed by atoms with E-state index in [1.54, 1.807) is 57.2 Å². The lowest BCUT2D eigenvalue weighted by molar-refractivity contribution is -0.298. The van der Waals surface area contributed by atoms with E-state index in [4.69, 9.17) is 23.1 Å². The SMILES string of the molecule is CCCCCCCCCCCCC/C=C/[C@@H](OC(=O)c1ccccc1)[C@H](CO[C@@H]1O[C@H](COC(=O)C(C)(C)C)[C@H](O)[C@H](O)[C@H]1OS(=O)(=O)O)NC(=O)CCCCCCCCCCCCCCC. The zero-order chi connectivity index (χ0) is 49.3. The van der Waals surface area contributed by atoms with Crippen LogP contribution < -0.4 is 5.32 Å². The van der Waals surface area contributed by atoms with Gasteiger partial charge in [0.15, 0.2) is 12.4 Å². The summed E-state index contributed by atoms with van der Waals surface area (Å²) in [4.78, 5) is 39.8. The number of allylic oxidation sites excluding steroid dienone is 1. The van der Waals surface area contributed by atoms with Gasteiger partial charge in [-0.1, -0.05) is 179 Å². The van der Waals surface area contributed by atoms with Crippen LogP contribution in [0.5, 0.6) is 0 Å². The second kappa shape index (κ2) is 35.2. The molecule has 0 unspecified atom stereocenters. The molecule has 0 aliphatic carbocycles. The van der Waals surface area contributed by atoms with E-state index >= 15 is 0 Å². The Morgan fingerprint density at radius 1 is 0.731 bits per heavy atom. The molecule has 1 heterocycles. The van der Waals surface area contributed by atoms with Gasteiger partial charge in [0.05, 0.1) is 23.6 Å². The van der Waals surface area contributed by atoms with Gasteiger partial charge in [0, 0.05) is 6.42 Å². The molecular weight excluding hydrogens is 879 g/mol. The number of ether oxygens (including phenoxy) is 4. The number of carbonyl (C=O) groups is 3. The van der Waals surface area contributed by atoms with Crippen LogP contribution in [-0.4, -0.2) is 97.1 Å². The molecule has 1 fully saturated rings. The molecular formula is C52H89NO13S. The average Bonchev–Trinajstić information content (AvgIpc) is 3.28. The van der Waals surface area contributed by atoms with Crippen LogP contribution in [0.15, 0.2) is 42.5 Å². The molecule has 0 radical (unpaired) electrons. The van der Waals surface area contributed by atoms with Crippen LogP contribution in [0, 0.1) is 5.41 Å². The van der Waals surface area contributed by atoms with E-state index in [1.807, 2.05) is 6.08 Å². The van der Waals surface area contributed by atoms with Crippen molar-refractivity contribution in [1.29, 1.82) is 0 Å². The van der Waals surface area contributed by atoms with E-state index in [0.717, 1.165) is 44.9 Å². The minimum absolute atomic E-state index is 0.191. The fourth-order valence-corrected chi connectivity index (χ4v) is 8.46. The number of unbranched alkanes of at least 4 members (excludes halogenated alkanes) is 23. The molecule has 0 aromatic heterocycles. The Bertz CT molecular complexity index is 1600. The smallest absolute Gasteiger partial charge is 0.397 e. The first-order valence-electron chi connectivity index (χ1n) is 25.8. The molecule has 0 bridgehead atoms. The lowest BCUT2D eigenvalue weighted by Gasteiger charge is -2.41. The van der Waals surface area contributed by atoms with Crippen LogP contribution in [0.2, 0.25) is 0 Å². The predicted molar refractivity (Wildman–Crippen MR) is 262 cm³/mol. The van der Waals surface area contributed by atoms with Gasteiger partial charge in [-0.3, -0.25) is 14.1 Å². The number of esters is 2. The minimum atomic E-state index is -5.22. The summed E-state index contributed by atoms with van der Waals surface area (Å²) in [6, 6.07) is 7.34. The molecule has 1 amide bonds. The van der Waals surface area contributed by atoms with Crippen LogP contribution in [0.1, 0.15) is 212 Å². The van der Waals surface area contributed by atoms with Gasteiger partial charge in [-0.15, -0.1) is 0 Å². The molecule has 4 N–H and O–H groups in total. The minimum Gasteiger partial charge on any atom is -0.462 e. The van der Waals surface area contributed by atoms with E-state index in [9.17, 15) is 37.6 Å². The number of nitrogens with one attached hydrogen (secondary N) is 1. The summed E-state index contributed by atoms with van der Waals surface area (Å²) < 4.78 is 61.6. The summed E-state index contributed by atoms with van der Waals surface area (Å²) in [7, 11) is -5.22. The van der Waals surface area contributed by atoms with Crippen molar-refractivity contribution in [3.05, 3.63) is 48.0 Å². The maximum Gasteiger partial charge on any atom is 0.397 e. The summed E-state index contributed by atoms with van der Waals surface area (Å²) in [5, 5.41) is 24.9. The van der Waals surface area contributed by atoms with Crippen LogP contribution >= 0.6 is 0 Å². The largest absolute Gasteiger partial charge is 0.462 e. The maximum atomic E-state index is 13.7. The Kier molecular flexibility index (Phi) is 31.6. The van der Waals surface area contributed by atoms with E-state index in [2.05, 4.69) is 19.2 Å². The molecule has 1 saturated heterocycles. The van der Waals surface area contributed by atoms with Gasteiger partial charge in [-0.25, -0.2) is 8.98 Å². The highest BCUT2D eigenvalue weighted by Crippen LogP contribution is 2.28. The normalized spacial score (nSPS) is 19.9. The van der Waals surface area contributed by atoms with Gasteiger partial charge in [0.25, 0.3) is 0 Å². The number of amides is 1. The number of carbonyl (C=O) groups excluding carboxylic acids is 3. The average molecular weight is 968 g/mol. The topological polar surface area (TPSA) is 204 Å². The fraction of sp³-hybridized carbons (Fsp3) is 0.788. The molecule has 15 heteroatoms. The van der Waals surface area contributed by atoms with E-state index < -0.39 is 83.8 Å². The zero-order valence-electron chi connectivity index (χ0n) is 41.7. The number of aliphatic hydroxyl groups is 2. The Morgan fingerprint density at radius 2 is 1.22 bits per heavy atom. The number of hydrogen-bond donors (Lipinski definition) is 4. The number of benzene rings is 1. The van der Waals surface area contributed by atoms with Gasteiger partial charge in [-0.05, 0) is 58.2 Å². The van der Waals surface area contributed by atoms with Crippen LogP contribution in [0.3, 0.4) is 0 Å². The molecule has 1 aliphatic rings. The molecule has 1 aromatic carbocycles. The number of rotatable bonds is 38. The van der Waals surface area contributed by atoms with Gasteiger partial charge in [0.1, 0.15) is 31.0 Å². The van der Waals surface area contributed by atoms with Crippen molar-refractivity contribution in [2.75, 3.05) is 13.2 Å². The van der Waals surface area contributed by atoms with Gasteiger partial charge in [-0.2, -0.15) is 8.42 Å². The third kappa shape index (κ3) is 27.8. The first-order chi connectivity index (χ1) is 32.1. The third-order valence-electron chi connectivity index (χ3n) is 12.1. The molecule has 0 saturated carbocycles. The Balaban J connectivity index is 2.23. The molecule has 67 heavy (non-hydrogen) atoms.